The van der Waals surface area contributed by atoms with Crippen LogP contribution in [0.2, 0.25) is 0 Å². The first-order valence-electron chi connectivity index (χ1n) is 7.17. The molecule has 1 amide bonds. The van der Waals surface area contributed by atoms with Crippen LogP contribution in [0.3, 0.4) is 0 Å². The third-order valence-electron chi connectivity index (χ3n) is 3.26. The van der Waals surface area contributed by atoms with E-state index in [9.17, 15) is 4.79 Å². The van der Waals surface area contributed by atoms with Crippen molar-refractivity contribution in [3.63, 3.8) is 0 Å². The van der Waals surface area contributed by atoms with E-state index in [1.54, 1.807) is 7.11 Å². The molecule has 116 valence electrons. The topological polar surface area (TPSA) is 76.1 Å². The van der Waals surface area contributed by atoms with E-state index in [0.717, 1.165) is 12.1 Å². The number of hydrogen-bond acceptors (Lipinski definition) is 5. The maximum Gasteiger partial charge on any atom is 0.254 e. The second kappa shape index (κ2) is 7.40. The Morgan fingerprint density at radius 3 is 2.59 bits per heavy atom. The molecule has 0 aliphatic heterocycles. The number of nitrogens with zero attached hydrogens (tertiary/aromatic N) is 2. The first kappa shape index (κ1) is 15.8. The second-order valence-electron chi connectivity index (χ2n) is 4.90. The third-order valence-corrected chi connectivity index (χ3v) is 3.26. The summed E-state index contributed by atoms with van der Waals surface area (Å²) in [5.41, 5.74) is 1.20. The van der Waals surface area contributed by atoms with Crippen molar-refractivity contribution in [1.82, 2.24) is 15.3 Å². The van der Waals surface area contributed by atoms with Crippen LogP contribution in [0.15, 0.2) is 36.7 Å². The predicted molar refractivity (Wildman–Crippen MR) is 85.5 cm³/mol. The number of rotatable bonds is 6. The molecule has 0 saturated carbocycles. The van der Waals surface area contributed by atoms with Crippen LogP contribution in [0.5, 0.6) is 5.75 Å². The van der Waals surface area contributed by atoms with E-state index in [1.807, 2.05) is 38.1 Å². The normalized spacial score (nSPS) is 11.6. The number of benzene rings is 1. The van der Waals surface area contributed by atoms with E-state index in [-0.39, 0.29) is 11.9 Å². The van der Waals surface area contributed by atoms with Crippen molar-refractivity contribution in [1.29, 1.82) is 0 Å². The van der Waals surface area contributed by atoms with Crippen LogP contribution in [0.25, 0.3) is 0 Å². The molecule has 0 fully saturated rings. The predicted octanol–water partition coefficient (Wildman–Crippen LogP) is 2.76. The third kappa shape index (κ3) is 3.94. The number of carbonyl (C=O) groups is 1. The SMILES string of the molecule is CCC(C)NC(=O)c1cnc(Nc2ccccc2OC)nc1. The highest BCUT2D eigenvalue weighted by Crippen LogP contribution is 2.25. The first-order chi connectivity index (χ1) is 10.6. The van der Waals surface area contributed by atoms with Crippen molar-refractivity contribution in [2.75, 3.05) is 12.4 Å². The molecule has 22 heavy (non-hydrogen) atoms. The van der Waals surface area contributed by atoms with Gasteiger partial charge in [-0.3, -0.25) is 4.79 Å². The van der Waals surface area contributed by atoms with Crippen LogP contribution in [0, 0.1) is 0 Å². The van der Waals surface area contributed by atoms with Gasteiger partial charge in [0, 0.05) is 18.4 Å². The number of nitrogens with one attached hydrogen (secondary N) is 2. The highest BCUT2D eigenvalue weighted by atomic mass is 16.5. The zero-order valence-electron chi connectivity index (χ0n) is 13.0. The Morgan fingerprint density at radius 2 is 1.95 bits per heavy atom. The molecule has 6 nitrogen and oxygen atoms in total. The van der Waals surface area contributed by atoms with Crippen LogP contribution in [-0.4, -0.2) is 29.0 Å². The highest BCUT2D eigenvalue weighted by Gasteiger charge is 2.10. The number of anilines is 2. The molecule has 1 atom stereocenters. The molecular weight excluding hydrogens is 280 g/mol. The Morgan fingerprint density at radius 1 is 1.27 bits per heavy atom. The van der Waals surface area contributed by atoms with Crippen LogP contribution in [0.1, 0.15) is 30.6 Å². The zero-order chi connectivity index (χ0) is 15.9. The van der Waals surface area contributed by atoms with E-state index in [1.165, 1.54) is 12.4 Å². The number of methoxy groups -OCH3 is 1. The van der Waals surface area contributed by atoms with Gasteiger partial charge in [-0.1, -0.05) is 19.1 Å². The van der Waals surface area contributed by atoms with Crippen LogP contribution >= 0.6 is 0 Å². The smallest absolute Gasteiger partial charge is 0.254 e. The molecular formula is C16H20N4O2. The maximum atomic E-state index is 12.0. The van der Waals surface area contributed by atoms with Gasteiger partial charge in [0.15, 0.2) is 0 Å². The molecule has 0 bridgehead atoms. The quantitative estimate of drug-likeness (QED) is 0.858. The fraction of sp³-hybridized carbons (Fsp3) is 0.312. The summed E-state index contributed by atoms with van der Waals surface area (Å²) in [6, 6.07) is 7.60. The van der Waals surface area contributed by atoms with Crippen molar-refractivity contribution >= 4 is 17.5 Å². The van der Waals surface area contributed by atoms with E-state index >= 15 is 0 Å². The Balaban J connectivity index is 2.07. The molecule has 1 heterocycles. The van der Waals surface area contributed by atoms with Crippen LogP contribution < -0.4 is 15.4 Å². The van der Waals surface area contributed by atoms with Gasteiger partial charge in [0.1, 0.15) is 5.75 Å². The maximum absolute atomic E-state index is 12.0. The summed E-state index contributed by atoms with van der Waals surface area (Å²) in [6.07, 6.45) is 3.88. The molecule has 0 spiro atoms. The average molecular weight is 300 g/mol. The Bertz CT molecular complexity index is 628. The van der Waals surface area contributed by atoms with Crippen molar-refractivity contribution < 1.29 is 9.53 Å². The van der Waals surface area contributed by atoms with E-state index < -0.39 is 0 Å². The fourth-order valence-corrected chi connectivity index (χ4v) is 1.79. The lowest BCUT2D eigenvalue weighted by Gasteiger charge is -2.12. The van der Waals surface area contributed by atoms with Gasteiger partial charge < -0.3 is 15.4 Å². The van der Waals surface area contributed by atoms with Crippen molar-refractivity contribution in [2.24, 2.45) is 0 Å². The molecule has 1 aromatic carbocycles. The minimum atomic E-state index is -0.168. The largest absolute Gasteiger partial charge is 0.495 e. The molecule has 2 rings (SSSR count). The average Bonchev–Trinajstić information content (AvgIpc) is 2.55. The number of ether oxygens (including phenoxy) is 1. The van der Waals surface area contributed by atoms with Gasteiger partial charge in [0.05, 0.1) is 18.4 Å². The number of aromatic nitrogens is 2. The Labute approximate surface area is 129 Å². The molecule has 0 aliphatic rings. The van der Waals surface area contributed by atoms with Gasteiger partial charge in [-0.2, -0.15) is 0 Å². The summed E-state index contributed by atoms with van der Waals surface area (Å²) < 4.78 is 5.25. The van der Waals surface area contributed by atoms with Crippen molar-refractivity contribution in [2.45, 2.75) is 26.3 Å². The van der Waals surface area contributed by atoms with Crippen molar-refractivity contribution in [3.8, 4) is 5.75 Å². The van der Waals surface area contributed by atoms with Gasteiger partial charge in [-0.05, 0) is 25.5 Å². The molecule has 1 aromatic heterocycles. The van der Waals surface area contributed by atoms with Gasteiger partial charge >= 0.3 is 0 Å². The Hall–Kier alpha value is -2.63. The van der Waals surface area contributed by atoms with Crippen LogP contribution in [-0.2, 0) is 0 Å². The molecule has 1 unspecified atom stereocenters. The molecule has 0 aliphatic carbocycles. The lowest BCUT2D eigenvalue weighted by Crippen LogP contribution is -2.32. The summed E-state index contributed by atoms with van der Waals surface area (Å²) in [4.78, 5) is 20.3. The molecule has 0 radical (unpaired) electrons. The number of para-hydroxylation sites is 2. The fourth-order valence-electron chi connectivity index (χ4n) is 1.79. The summed E-state index contributed by atoms with van der Waals surface area (Å²) >= 11 is 0. The minimum Gasteiger partial charge on any atom is -0.495 e. The zero-order valence-corrected chi connectivity index (χ0v) is 13.0. The lowest BCUT2D eigenvalue weighted by atomic mass is 10.2. The number of carbonyl (C=O) groups excluding carboxylic acids is 1. The van der Waals surface area contributed by atoms with Gasteiger partial charge in [0.2, 0.25) is 5.95 Å². The van der Waals surface area contributed by atoms with E-state index in [4.69, 9.17) is 4.74 Å². The molecule has 2 aromatic rings. The standard InChI is InChI=1S/C16H20N4O2/c1-4-11(2)19-15(21)12-9-17-16(18-10-12)20-13-7-5-6-8-14(13)22-3/h5-11H,4H2,1-3H3,(H,19,21)(H,17,18,20). The molecule has 2 N–H and O–H groups in total. The number of hydrogen-bond donors (Lipinski definition) is 2. The highest BCUT2D eigenvalue weighted by molar-refractivity contribution is 5.93. The molecule has 0 saturated heterocycles. The lowest BCUT2D eigenvalue weighted by molar-refractivity contribution is 0.0938. The van der Waals surface area contributed by atoms with E-state index in [0.29, 0.717) is 17.3 Å². The summed E-state index contributed by atoms with van der Waals surface area (Å²) in [5.74, 6) is 0.937. The number of amides is 1. The molecule has 6 heteroatoms. The van der Waals surface area contributed by atoms with Gasteiger partial charge in [-0.15, -0.1) is 0 Å². The van der Waals surface area contributed by atoms with E-state index in [2.05, 4.69) is 20.6 Å². The van der Waals surface area contributed by atoms with Crippen molar-refractivity contribution in [3.05, 3.63) is 42.2 Å². The summed E-state index contributed by atoms with van der Waals surface area (Å²) in [6.45, 7) is 3.97. The summed E-state index contributed by atoms with van der Waals surface area (Å²) in [5, 5.41) is 5.94. The first-order valence-corrected chi connectivity index (χ1v) is 7.17. The van der Waals surface area contributed by atoms with Gasteiger partial charge in [-0.25, -0.2) is 9.97 Å². The monoisotopic (exact) mass is 300 g/mol. The van der Waals surface area contributed by atoms with Crippen LogP contribution in [0.4, 0.5) is 11.6 Å². The summed E-state index contributed by atoms with van der Waals surface area (Å²) in [7, 11) is 1.60. The minimum absolute atomic E-state index is 0.124. The second-order valence-corrected chi connectivity index (χ2v) is 4.90. The Kier molecular flexibility index (Phi) is 5.30. The van der Waals surface area contributed by atoms with Gasteiger partial charge in [0.25, 0.3) is 5.91 Å².